The van der Waals surface area contributed by atoms with E-state index in [2.05, 4.69) is 26.5 Å². The van der Waals surface area contributed by atoms with Gasteiger partial charge in [-0.3, -0.25) is 4.79 Å². The number of carbonyl (C=O) groups is 1. The summed E-state index contributed by atoms with van der Waals surface area (Å²) in [5.41, 5.74) is 0.467. The van der Waals surface area contributed by atoms with Crippen molar-refractivity contribution in [2.24, 2.45) is 0 Å². The third-order valence-corrected chi connectivity index (χ3v) is 5.86. The maximum atomic E-state index is 13.5. The van der Waals surface area contributed by atoms with Gasteiger partial charge in [0.05, 0.1) is 12.8 Å². The van der Waals surface area contributed by atoms with Crippen LogP contribution in [0.15, 0.2) is 30.6 Å². The number of aromatic nitrogens is 4. The van der Waals surface area contributed by atoms with Gasteiger partial charge in [-0.05, 0) is 35.4 Å². The molecule has 0 unspecified atom stereocenters. The van der Waals surface area contributed by atoms with E-state index in [1.165, 1.54) is 6.42 Å². The van der Waals surface area contributed by atoms with E-state index >= 15 is 0 Å². The van der Waals surface area contributed by atoms with Crippen LogP contribution in [0.3, 0.4) is 0 Å². The minimum atomic E-state index is -0.617. The van der Waals surface area contributed by atoms with Crippen molar-refractivity contribution in [3.63, 3.8) is 0 Å². The molecule has 27 heavy (non-hydrogen) atoms. The third kappa shape index (κ3) is 3.24. The van der Waals surface area contributed by atoms with Crippen molar-refractivity contribution in [3.05, 3.63) is 30.6 Å². The number of para-hydroxylation sites is 2. The predicted molar refractivity (Wildman–Crippen MR) is 101 cm³/mol. The summed E-state index contributed by atoms with van der Waals surface area (Å²) >= 11 is 0. The Balaban J connectivity index is 1.49. The summed E-state index contributed by atoms with van der Waals surface area (Å²) in [7, 11) is 1.69. The Morgan fingerprint density at radius 2 is 1.81 bits per heavy atom. The van der Waals surface area contributed by atoms with Crippen molar-refractivity contribution < 1.29 is 9.53 Å². The molecule has 144 valence electrons. The van der Waals surface area contributed by atoms with Gasteiger partial charge < -0.3 is 14.5 Å². The lowest BCUT2D eigenvalue weighted by atomic mass is 9.80. The molecule has 0 spiro atoms. The Labute approximate surface area is 159 Å². The molecule has 1 saturated heterocycles. The summed E-state index contributed by atoms with van der Waals surface area (Å²) < 4.78 is 7.18. The largest absolute Gasteiger partial charge is 0.495 e. The number of nitrogens with zero attached hydrogens (tertiary/aromatic N) is 6. The van der Waals surface area contributed by atoms with Gasteiger partial charge in [-0.2, -0.15) is 0 Å². The van der Waals surface area contributed by atoms with Crippen LogP contribution in [-0.4, -0.2) is 64.3 Å². The number of amides is 1. The van der Waals surface area contributed by atoms with E-state index in [1.54, 1.807) is 18.1 Å². The van der Waals surface area contributed by atoms with Crippen molar-refractivity contribution in [2.45, 2.75) is 37.6 Å². The molecule has 0 radical (unpaired) electrons. The summed E-state index contributed by atoms with van der Waals surface area (Å²) in [5.74, 6) is 1.03. The zero-order valence-electron chi connectivity index (χ0n) is 15.8. The molecular formula is C19H26N6O2. The zero-order chi connectivity index (χ0) is 18.7. The number of ether oxygens (including phenoxy) is 1. The van der Waals surface area contributed by atoms with Crippen molar-refractivity contribution in [3.8, 4) is 5.75 Å². The first-order valence-corrected chi connectivity index (χ1v) is 9.65. The minimum Gasteiger partial charge on any atom is -0.495 e. The topological polar surface area (TPSA) is 76.4 Å². The van der Waals surface area contributed by atoms with Crippen molar-refractivity contribution in [1.29, 1.82) is 0 Å². The second-order valence-corrected chi connectivity index (χ2v) is 7.30. The smallest absolute Gasteiger partial charge is 0.250 e. The monoisotopic (exact) mass is 370 g/mol. The van der Waals surface area contributed by atoms with Gasteiger partial charge in [0.15, 0.2) is 0 Å². The number of hydrogen-bond acceptors (Lipinski definition) is 6. The number of rotatable bonds is 4. The molecule has 2 fully saturated rings. The van der Waals surface area contributed by atoms with Gasteiger partial charge >= 0.3 is 0 Å². The molecule has 0 bridgehead atoms. The van der Waals surface area contributed by atoms with Crippen LogP contribution in [0.2, 0.25) is 0 Å². The van der Waals surface area contributed by atoms with Crippen LogP contribution in [0, 0.1) is 0 Å². The number of tetrazole rings is 1. The number of methoxy groups -OCH3 is 1. The summed E-state index contributed by atoms with van der Waals surface area (Å²) in [4.78, 5) is 17.8. The first-order valence-electron chi connectivity index (χ1n) is 9.65. The lowest BCUT2D eigenvalue weighted by Gasteiger charge is -2.43. The van der Waals surface area contributed by atoms with E-state index < -0.39 is 5.54 Å². The van der Waals surface area contributed by atoms with Gasteiger partial charge in [0.1, 0.15) is 17.6 Å². The van der Waals surface area contributed by atoms with Gasteiger partial charge in [0.2, 0.25) is 0 Å². The van der Waals surface area contributed by atoms with Crippen molar-refractivity contribution in [1.82, 2.24) is 25.1 Å². The third-order valence-electron chi connectivity index (χ3n) is 5.86. The molecular weight excluding hydrogens is 344 g/mol. The summed E-state index contributed by atoms with van der Waals surface area (Å²) in [6.07, 6.45) is 6.44. The van der Waals surface area contributed by atoms with E-state index in [1.807, 2.05) is 23.1 Å². The molecule has 1 aromatic carbocycles. The quantitative estimate of drug-likeness (QED) is 0.815. The molecule has 0 N–H and O–H groups in total. The summed E-state index contributed by atoms with van der Waals surface area (Å²) in [6, 6.07) is 8.03. The molecule has 1 amide bonds. The molecule has 2 aliphatic rings. The first-order chi connectivity index (χ1) is 13.2. The van der Waals surface area contributed by atoms with E-state index in [0.29, 0.717) is 13.1 Å². The van der Waals surface area contributed by atoms with Crippen LogP contribution in [-0.2, 0) is 10.3 Å². The molecule has 2 aromatic rings. The molecule has 8 nitrogen and oxygen atoms in total. The maximum Gasteiger partial charge on any atom is 0.250 e. The highest BCUT2D eigenvalue weighted by Crippen LogP contribution is 2.36. The van der Waals surface area contributed by atoms with E-state index in [-0.39, 0.29) is 5.91 Å². The molecule has 1 aliphatic carbocycles. The van der Waals surface area contributed by atoms with Crippen molar-refractivity contribution in [2.75, 3.05) is 38.2 Å². The second kappa shape index (κ2) is 7.54. The van der Waals surface area contributed by atoms with Crippen molar-refractivity contribution >= 4 is 11.6 Å². The highest BCUT2D eigenvalue weighted by atomic mass is 16.5. The molecule has 8 heteroatoms. The fourth-order valence-corrected chi connectivity index (χ4v) is 4.37. The highest BCUT2D eigenvalue weighted by molar-refractivity contribution is 5.85. The molecule has 1 aliphatic heterocycles. The van der Waals surface area contributed by atoms with Gasteiger partial charge in [-0.25, -0.2) is 4.68 Å². The number of carbonyl (C=O) groups excluding carboxylic acids is 1. The van der Waals surface area contributed by atoms with Gasteiger partial charge in [0, 0.05) is 26.2 Å². The Morgan fingerprint density at radius 3 is 2.48 bits per heavy atom. The van der Waals surface area contributed by atoms with Gasteiger partial charge in [-0.15, -0.1) is 5.10 Å². The van der Waals surface area contributed by atoms with Crippen LogP contribution in [0.25, 0.3) is 0 Å². The Hall–Kier alpha value is -2.64. The zero-order valence-corrected chi connectivity index (χ0v) is 15.8. The molecule has 0 atom stereocenters. The Kier molecular flexibility index (Phi) is 4.96. The summed E-state index contributed by atoms with van der Waals surface area (Å²) in [6.45, 7) is 2.97. The van der Waals surface area contributed by atoms with Gasteiger partial charge in [0.25, 0.3) is 5.91 Å². The van der Waals surface area contributed by atoms with E-state index in [4.69, 9.17) is 4.74 Å². The number of hydrogen-bond donors (Lipinski definition) is 0. The fraction of sp³-hybridized carbons (Fsp3) is 0.579. The highest BCUT2D eigenvalue weighted by Gasteiger charge is 2.45. The summed E-state index contributed by atoms with van der Waals surface area (Å²) in [5, 5.41) is 11.7. The van der Waals surface area contributed by atoms with Crippen LogP contribution in [0.5, 0.6) is 5.75 Å². The Bertz CT molecular complexity index is 764. The number of anilines is 1. The van der Waals surface area contributed by atoms with Crippen LogP contribution < -0.4 is 9.64 Å². The lowest BCUT2D eigenvalue weighted by Crippen LogP contribution is -2.57. The molecule has 2 heterocycles. The van der Waals surface area contributed by atoms with Crippen LogP contribution in [0.4, 0.5) is 5.69 Å². The number of benzene rings is 1. The van der Waals surface area contributed by atoms with Gasteiger partial charge in [-0.1, -0.05) is 31.4 Å². The van der Waals surface area contributed by atoms with E-state index in [0.717, 1.165) is 50.2 Å². The van der Waals surface area contributed by atoms with Crippen LogP contribution in [0.1, 0.15) is 32.1 Å². The lowest BCUT2D eigenvalue weighted by molar-refractivity contribution is -0.144. The predicted octanol–water partition coefficient (Wildman–Crippen LogP) is 1.69. The minimum absolute atomic E-state index is 0.161. The molecule has 4 rings (SSSR count). The molecule has 1 aromatic heterocycles. The second-order valence-electron chi connectivity index (χ2n) is 7.30. The Morgan fingerprint density at radius 1 is 1.07 bits per heavy atom. The normalized spacial score (nSPS) is 19.7. The van der Waals surface area contributed by atoms with E-state index in [9.17, 15) is 4.79 Å². The van der Waals surface area contributed by atoms with Crippen LogP contribution >= 0.6 is 0 Å². The maximum absolute atomic E-state index is 13.5. The number of piperazine rings is 1. The first kappa shape index (κ1) is 17.8. The standard InChI is InChI=1S/C19H26N6O2/c1-27-17-8-4-3-7-16(17)23-11-13-24(14-12-23)18(26)19(9-5-2-6-10-19)25-15-20-21-22-25/h3-4,7-8,15H,2,5-6,9-14H2,1H3. The SMILES string of the molecule is COc1ccccc1N1CCN(C(=O)C2(n3cnnn3)CCCCC2)CC1. The molecule has 1 saturated carbocycles. The average Bonchev–Trinajstić information content (AvgIpc) is 3.29. The average molecular weight is 370 g/mol. The fourth-order valence-electron chi connectivity index (χ4n) is 4.37.